The first kappa shape index (κ1) is 23.5. The predicted octanol–water partition coefficient (Wildman–Crippen LogP) is 4.74. The zero-order valence-electron chi connectivity index (χ0n) is 17.8. The average Bonchev–Trinajstić information content (AvgIpc) is 2.75. The van der Waals surface area contributed by atoms with Crippen LogP contribution >= 0.6 is 11.8 Å². The van der Waals surface area contributed by atoms with Gasteiger partial charge in [0.05, 0.1) is 4.91 Å². The number of carbonyl (C=O) groups excluding carboxylic acids is 1. The molecule has 0 bridgehead atoms. The summed E-state index contributed by atoms with van der Waals surface area (Å²) in [7, 11) is 0. The first-order valence-electron chi connectivity index (χ1n) is 10.4. The fraction of sp³-hybridized carbons (Fsp3) is 0.522. The van der Waals surface area contributed by atoms with E-state index in [1.165, 1.54) is 36.6 Å². The highest BCUT2D eigenvalue weighted by atomic mass is 32.2. The summed E-state index contributed by atoms with van der Waals surface area (Å²) in [4.78, 5) is 12.0. The maximum absolute atomic E-state index is 11.5. The smallest absolute Gasteiger partial charge is 0.255 e. The van der Waals surface area contributed by atoms with E-state index in [0.717, 1.165) is 50.0 Å². The van der Waals surface area contributed by atoms with Gasteiger partial charge >= 0.3 is 0 Å². The second kappa shape index (κ2) is 12.7. The van der Waals surface area contributed by atoms with Crippen molar-refractivity contribution in [2.24, 2.45) is 11.7 Å². The van der Waals surface area contributed by atoms with Crippen LogP contribution in [0.5, 0.6) is 5.75 Å². The van der Waals surface area contributed by atoms with Crippen LogP contribution in [0.2, 0.25) is 0 Å². The van der Waals surface area contributed by atoms with Gasteiger partial charge in [-0.2, -0.15) is 0 Å². The minimum Gasteiger partial charge on any atom is -0.450 e. The van der Waals surface area contributed by atoms with Crippen molar-refractivity contribution in [3.8, 4) is 5.75 Å². The van der Waals surface area contributed by atoms with Crippen LogP contribution in [0.3, 0.4) is 0 Å². The second-order valence-corrected chi connectivity index (χ2v) is 8.32. The molecule has 0 spiro atoms. The van der Waals surface area contributed by atoms with Crippen molar-refractivity contribution in [3.05, 3.63) is 51.5 Å². The average molecular weight is 419 g/mol. The summed E-state index contributed by atoms with van der Waals surface area (Å²) in [5.41, 5.74) is 7.74. The van der Waals surface area contributed by atoms with Crippen molar-refractivity contribution >= 4 is 17.7 Å². The van der Waals surface area contributed by atoms with E-state index in [9.17, 15) is 4.79 Å². The van der Waals surface area contributed by atoms with Crippen LogP contribution in [0.4, 0.5) is 0 Å². The molecule has 1 aliphatic rings. The fourth-order valence-electron chi connectivity index (χ4n) is 3.05. The summed E-state index contributed by atoms with van der Waals surface area (Å²) in [5.74, 6) is 1.11. The molecule has 29 heavy (non-hydrogen) atoms. The summed E-state index contributed by atoms with van der Waals surface area (Å²) in [5, 5.41) is 4.24. The largest absolute Gasteiger partial charge is 0.450 e. The Morgan fingerprint density at radius 3 is 2.59 bits per heavy atom. The van der Waals surface area contributed by atoms with E-state index < -0.39 is 5.91 Å². The van der Waals surface area contributed by atoms with E-state index in [-0.39, 0.29) is 0 Å². The van der Waals surface area contributed by atoms with Gasteiger partial charge < -0.3 is 20.5 Å². The first-order valence-corrected chi connectivity index (χ1v) is 11.2. The maximum atomic E-state index is 11.5. The lowest BCUT2D eigenvalue weighted by Crippen LogP contribution is -2.22. The van der Waals surface area contributed by atoms with Gasteiger partial charge in [0, 0.05) is 19.8 Å². The maximum Gasteiger partial charge on any atom is 0.255 e. The molecule has 1 heterocycles. The van der Waals surface area contributed by atoms with Crippen LogP contribution < -0.4 is 15.8 Å². The molecule has 1 aliphatic heterocycles. The molecule has 1 amide bonds. The number of primary amides is 1. The van der Waals surface area contributed by atoms with Crippen LogP contribution in [0.25, 0.3) is 0 Å². The molecule has 160 valence electrons. The number of rotatable bonds is 11. The third-order valence-electron chi connectivity index (χ3n) is 5.12. The Kier molecular flexibility index (Phi) is 10.3. The van der Waals surface area contributed by atoms with E-state index in [1.54, 1.807) is 13.0 Å². The molecule has 5 nitrogen and oxygen atoms in total. The lowest BCUT2D eigenvalue weighted by molar-refractivity contribution is -0.113. The van der Waals surface area contributed by atoms with Gasteiger partial charge in [0.2, 0.25) is 0 Å². The van der Waals surface area contributed by atoms with Crippen molar-refractivity contribution in [1.29, 1.82) is 0 Å². The highest BCUT2D eigenvalue weighted by Crippen LogP contribution is 2.31. The number of nitrogens with one attached hydrogen (secondary N) is 1. The Hall–Kier alpha value is -1.76. The van der Waals surface area contributed by atoms with Crippen LogP contribution in [0.15, 0.2) is 45.9 Å². The number of benzene rings is 1. The summed E-state index contributed by atoms with van der Waals surface area (Å²) in [6, 6.07) is 8.09. The first-order chi connectivity index (χ1) is 14.0. The Bertz CT molecular complexity index is 707. The lowest BCUT2D eigenvalue weighted by atomic mass is 9.97. The molecule has 0 radical (unpaired) electrons. The number of allylic oxidation sites excluding steroid dienone is 2. The third-order valence-corrected chi connectivity index (χ3v) is 6.39. The number of hydrogen-bond acceptors (Lipinski definition) is 5. The minimum atomic E-state index is -0.440. The summed E-state index contributed by atoms with van der Waals surface area (Å²) >= 11 is 1.28. The lowest BCUT2D eigenvalue weighted by Gasteiger charge is -2.21. The molecule has 0 aliphatic carbocycles. The highest BCUT2D eigenvalue weighted by molar-refractivity contribution is 8.07. The molecule has 1 aromatic carbocycles. The molecule has 0 atom stereocenters. The zero-order valence-corrected chi connectivity index (χ0v) is 18.6. The topological polar surface area (TPSA) is 73.6 Å². The molecule has 6 heteroatoms. The second-order valence-electron chi connectivity index (χ2n) is 7.31. The highest BCUT2D eigenvalue weighted by Gasteiger charge is 2.14. The fourth-order valence-corrected chi connectivity index (χ4v) is 3.92. The number of hydrogen-bond donors (Lipinski definition) is 2. The van der Waals surface area contributed by atoms with Gasteiger partial charge in [-0.05, 0) is 87.0 Å². The molecule has 1 aromatic rings. The summed E-state index contributed by atoms with van der Waals surface area (Å²) < 4.78 is 11.5. The van der Waals surface area contributed by atoms with Gasteiger partial charge in [0.15, 0.2) is 5.09 Å². The quantitative estimate of drug-likeness (QED) is 0.309. The summed E-state index contributed by atoms with van der Waals surface area (Å²) in [6.07, 6.45) is 6.13. The van der Waals surface area contributed by atoms with Gasteiger partial charge in [-0.3, -0.25) is 4.79 Å². The summed E-state index contributed by atoms with van der Waals surface area (Å²) in [6.45, 7) is 9.57. The predicted molar refractivity (Wildman–Crippen MR) is 120 cm³/mol. The Morgan fingerprint density at radius 1 is 1.31 bits per heavy atom. The Labute approximate surface area is 179 Å². The minimum absolute atomic E-state index is 0.440. The van der Waals surface area contributed by atoms with Gasteiger partial charge in [-0.25, -0.2) is 0 Å². The van der Waals surface area contributed by atoms with Crippen molar-refractivity contribution in [3.63, 3.8) is 0 Å². The normalized spacial score (nSPS) is 16.4. The van der Waals surface area contributed by atoms with Crippen molar-refractivity contribution in [1.82, 2.24) is 5.32 Å². The number of ether oxygens (including phenoxy) is 2. The van der Waals surface area contributed by atoms with E-state index in [1.807, 2.05) is 19.1 Å². The zero-order chi connectivity index (χ0) is 21.1. The number of amides is 1. The number of carbonyl (C=O) groups is 1. The van der Waals surface area contributed by atoms with E-state index in [2.05, 4.69) is 24.4 Å². The number of thioether (sulfide) groups is 1. The van der Waals surface area contributed by atoms with Gasteiger partial charge in [0.1, 0.15) is 5.75 Å². The van der Waals surface area contributed by atoms with Gasteiger partial charge in [-0.1, -0.05) is 25.1 Å². The van der Waals surface area contributed by atoms with Crippen LogP contribution in [0, 0.1) is 5.92 Å². The molecule has 0 aromatic heterocycles. The van der Waals surface area contributed by atoms with Crippen LogP contribution in [-0.2, 0) is 16.1 Å². The molecule has 0 unspecified atom stereocenters. The van der Waals surface area contributed by atoms with E-state index in [4.69, 9.17) is 15.2 Å². The molecule has 0 saturated carbocycles. The molecular weight excluding hydrogens is 384 g/mol. The van der Waals surface area contributed by atoms with Gasteiger partial charge in [-0.15, -0.1) is 0 Å². The molecule has 3 N–H and O–H groups in total. The Morgan fingerprint density at radius 2 is 2.00 bits per heavy atom. The standard InChI is InChI=1S/C23H34N2O3S/c1-4-17(3)23(29-21(5-2)22(24)26)28-20-8-6-19(7-9-20)16-25-13-10-18-11-14-27-15-12-18/h5-9,18,25H,4,10-16H2,1-3H3,(H2,24,26)/b21-5-,23-17?. The monoisotopic (exact) mass is 418 g/mol. The van der Waals surface area contributed by atoms with Crippen molar-refractivity contribution < 1.29 is 14.3 Å². The van der Waals surface area contributed by atoms with E-state index in [0.29, 0.717) is 10.00 Å². The SMILES string of the molecule is C/C=C(\SC(Oc1ccc(CNCCC2CCOCC2)cc1)=C(C)CC)C(N)=O. The molecule has 1 saturated heterocycles. The molecule has 2 rings (SSSR count). The molecule has 1 fully saturated rings. The Balaban J connectivity index is 1.86. The van der Waals surface area contributed by atoms with Crippen LogP contribution in [0.1, 0.15) is 52.0 Å². The van der Waals surface area contributed by atoms with Crippen LogP contribution in [-0.4, -0.2) is 25.7 Å². The third kappa shape index (κ3) is 8.25. The molecular formula is C23H34N2O3S. The van der Waals surface area contributed by atoms with E-state index >= 15 is 0 Å². The number of nitrogens with two attached hydrogens (primary N) is 1. The van der Waals surface area contributed by atoms with Crippen molar-refractivity contribution in [2.75, 3.05) is 19.8 Å². The van der Waals surface area contributed by atoms with Crippen molar-refractivity contribution in [2.45, 2.75) is 53.0 Å². The van der Waals surface area contributed by atoms with Gasteiger partial charge in [0.25, 0.3) is 5.91 Å².